The lowest BCUT2D eigenvalue weighted by atomic mass is 10.4. The number of methoxy groups -OCH3 is 1. The molecule has 1 unspecified atom stereocenters. The second-order valence-corrected chi connectivity index (χ2v) is 2.18. The zero-order valence-corrected chi connectivity index (χ0v) is 6.39. The minimum atomic E-state index is -0.263. The fourth-order valence-corrected chi connectivity index (χ4v) is 0.474. The van der Waals surface area contributed by atoms with E-state index >= 15 is 0 Å². The van der Waals surface area contributed by atoms with Gasteiger partial charge in [0, 0.05) is 12.6 Å². The Balaban J connectivity index is 3.12. The second-order valence-electron chi connectivity index (χ2n) is 2.18. The summed E-state index contributed by atoms with van der Waals surface area (Å²) in [6.07, 6.45) is 0. The van der Waals surface area contributed by atoms with Gasteiger partial charge in [0.05, 0.1) is 13.7 Å². The average Bonchev–Trinajstić information content (AvgIpc) is 1.87. The van der Waals surface area contributed by atoms with Gasteiger partial charge in [-0.3, -0.25) is 4.79 Å². The zero-order valence-electron chi connectivity index (χ0n) is 6.39. The summed E-state index contributed by atoms with van der Waals surface area (Å²) in [6.45, 7) is 2.73. The van der Waals surface area contributed by atoms with E-state index in [4.69, 9.17) is 5.73 Å². The van der Waals surface area contributed by atoms with E-state index in [0.29, 0.717) is 6.54 Å². The maximum absolute atomic E-state index is 10.5. The summed E-state index contributed by atoms with van der Waals surface area (Å²) in [5, 5.41) is 2.84. The normalized spacial score (nSPS) is 12.7. The van der Waals surface area contributed by atoms with Crippen molar-refractivity contribution in [1.82, 2.24) is 5.32 Å². The third-order valence-corrected chi connectivity index (χ3v) is 0.963. The van der Waals surface area contributed by atoms with Crippen LogP contribution in [0.15, 0.2) is 0 Å². The maximum atomic E-state index is 10.5. The largest absolute Gasteiger partial charge is 0.468 e. The van der Waals surface area contributed by atoms with Gasteiger partial charge in [-0.05, 0) is 6.92 Å². The van der Waals surface area contributed by atoms with Crippen molar-refractivity contribution < 1.29 is 9.53 Å². The van der Waals surface area contributed by atoms with Crippen molar-refractivity contribution in [1.29, 1.82) is 0 Å². The van der Waals surface area contributed by atoms with Gasteiger partial charge < -0.3 is 15.8 Å². The van der Waals surface area contributed by atoms with Crippen LogP contribution < -0.4 is 11.1 Å². The monoisotopic (exact) mass is 146 g/mol. The van der Waals surface area contributed by atoms with Crippen molar-refractivity contribution >= 4 is 5.97 Å². The van der Waals surface area contributed by atoms with Crippen LogP contribution in [-0.2, 0) is 9.53 Å². The molecule has 3 N–H and O–H groups in total. The first kappa shape index (κ1) is 9.39. The molecule has 0 aromatic carbocycles. The minimum Gasteiger partial charge on any atom is -0.468 e. The summed E-state index contributed by atoms with van der Waals surface area (Å²) in [7, 11) is 1.36. The summed E-state index contributed by atoms with van der Waals surface area (Å²) in [4.78, 5) is 10.5. The maximum Gasteiger partial charge on any atom is 0.319 e. The Morgan fingerprint density at radius 1 is 1.80 bits per heavy atom. The molecule has 4 heteroatoms. The number of carbonyl (C=O) groups is 1. The summed E-state index contributed by atoms with van der Waals surface area (Å²) in [6, 6.07) is 0.0738. The van der Waals surface area contributed by atoms with Crippen molar-refractivity contribution in [3.8, 4) is 0 Å². The molecule has 1 atom stereocenters. The summed E-state index contributed by atoms with van der Waals surface area (Å²) in [5.74, 6) is -0.263. The molecule has 0 amide bonds. The molecule has 10 heavy (non-hydrogen) atoms. The Morgan fingerprint density at radius 2 is 2.40 bits per heavy atom. The Labute approximate surface area is 60.7 Å². The first-order chi connectivity index (χ1) is 4.66. The van der Waals surface area contributed by atoms with E-state index in [1.54, 1.807) is 0 Å². The number of hydrogen-bond acceptors (Lipinski definition) is 4. The zero-order chi connectivity index (χ0) is 7.98. The van der Waals surface area contributed by atoms with Crippen LogP contribution in [0.2, 0.25) is 0 Å². The quantitative estimate of drug-likeness (QED) is 0.504. The van der Waals surface area contributed by atoms with E-state index in [2.05, 4.69) is 10.1 Å². The van der Waals surface area contributed by atoms with Crippen molar-refractivity contribution in [3.63, 3.8) is 0 Å². The topological polar surface area (TPSA) is 64.3 Å². The predicted octanol–water partition coefficient (Wildman–Crippen LogP) is -0.904. The molecule has 0 fully saturated rings. The van der Waals surface area contributed by atoms with Crippen molar-refractivity contribution in [3.05, 3.63) is 0 Å². The molecule has 0 spiro atoms. The van der Waals surface area contributed by atoms with Gasteiger partial charge in [0.1, 0.15) is 0 Å². The SMILES string of the molecule is COC(=O)CNCC(C)N. The van der Waals surface area contributed by atoms with Crippen LogP contribution in [0.3, 0.4) is 0 Å². The van der Waals surface area contributed by atoms with Gasteiger partial charge in [-0.15, -0.1) is 0 Å². The van der Waals surface area contributed by atoms with Crippen LogP contribution in [0, 0.1) is 0 Å². The molecule has 0 bridgehead atoms. The molecule has 0 aliphatic rings. The van der Waals surface area contributed by atoms with Gasteiger partial charge >= 0.3 is 5.97 Å². The molecule has 0 rings (SSSR count). The van der Waals surface area contributed by atoms with Crippen LogP contribution in [0.1, 0.15) is 6.92 Å². The van der Waals surface area contributed by atoms with Crippen molar-refractivity contribution in [2.75, 3.05) is 20.2 Å². The van der Waals surface area contributed by atoms with Gasteiger partial charge in [0.15, 0.2) is 0 Å². The Hall–Kier alpha value is -0.610. The van der Waals surface area contributed by atoms with Crippen molar-refractivity contribution in [2.45, 2.75) is 13.0 Å². The molecule has 0 saturated heterocycles. The molecule has 0 aromatic heterocycles. The van der Waals surface area contributed by atoms with Crippen LogP contribution in [0.5, 0.6) is 0 Å². The number of hydrogen-bond donors (Lipinski definition) is 2. The lowest BCUT2D eigenvalue weighted by molar-refractivity contribution is -0.139. The number of carbonyl (C=O) groups excluding carboxylic acids is 1. The third kappa shape index (κ3) is 5.53. The van der Waals surface area contributed by atoms with Crippen LogP contribution in [-0.4, -0.2) is 32.2 Å². The minimum absolute atomic E-state index is 0.0738. The summed E-state index contributed by atoms with van der Waals surface area (Å²) >= 11 is 0. The van der Waals surface area contributed by atoms with E-state index in [1.807, 2.05) is 6.92 Å². The van der Waals surface area contributed by atoms with E-state index in [9.17, 15) is 4.79 Å². The lowest BCUT2D eigenvalue weighted by Crippen LogP contribution is -2.34. The third-order valence-electron chi connectivity index (χ3n) is 0.963. The fourth-order valence-electron chi connectivity index (χ4n) is 0.474. The van der Waals surface area contributed by atoms with Gasteiger partial charge in [0.2, 0.25) is 0 Å². The smallest absolute Gasteiger partial charge is 0.319 e. The molecule has 0 radical (unpaired) electrons. The summed E-state index contributed by atoms with van der Waals surface area (Å²) < 4.78 is 4.39. The molecule has 0 aliphatic carbocycles. The molecule has 0 saturated carbocycles. The highest BCUT2D eigenvalue weighted by molar-refractivity contribution is 5.71. The van der Waals surface area contributed by atoms with Crippen LogP contribution >= 0.6 is 0 Å². The second kappa shape index (κ2) is 5.20. The fraction of sp³-hybridized carbons (Fsp3) is 0.833. The summed E-state index contributed by atoms with van der Waals surface area (Å²) in [5.41, 5.74) is 5.41. The van der Waals surface area contributed by atoms with E-state index in [0.717, 1.165) is 0 Å². The molecule has 0 heterocycles. The number of ether oxygens (including phenoxy) is 1. The molecular weight excluding hydrogens is 132 g/mol. The van der Waals surface area contributed by atoms with E-state index in [1.165, 1.54) is 7.11 Å². The highest BCUT2D eigenvalue weighted by atomic mass is 16.5. The number of nitrogens with one attached hydrogen (secondary N) is 1. The van der Waals surface area contributed by atoms with Crippen molar-refractivity contribution in [2.24, 2.45) is 5.73 Å². The van der Waals surface area contributed by atoms with Gasteiger partial charge in [-0.1, -0.05) is 0 Å². The standard InChI is InChI=1S/C6H14N2O2/c1-5(7)3-8-4-6(9)10-2/h5,8H,3-4,7H2,1-2H3. The van der Waals surface area contributed by atoms with E-state index < -0.39 is 0 Å². The first-order valence-corrected chi connectivity index (χ1v) is 3.20. The first-order valence-electron chi connectivity index (χ1n) is 3.20. The molecule has 0 aliphatic heterocycles. The highest BCUT2D eigenvalue weighted by Gasteiger charge is 1.98. The molecular formula is C6H14N2O2. The average molecular weight is 146 g/mol. The Bertz CT molecular complexity index is 104. The molecule has 0 aromatic rings. The Morgan fingerprint density at radius 3 is 2.80 bits per heavy atom. The number of esters is 1. The number of rotatable bonds is 4. The van der Waals surface area contributed by atoms with Gasteiger partial charge in [-0.2, -0.15) is 0 Å². The predicted molar refractivity (Wildman–Crippen MR) is 38.5 cm³/mol. The number of nitrogens with two attached hydrogens (primary N) is 1. The molecule has 4 nitrogen and oxygen atoms in total. The van der Waals surface area contributed by atoms with E-state index in [-0.39, 0.29) is 18.6 Å². The lowest BCUT2D eigenvalue weighted by Gasteiger charge is -2.04. The van der Waals surface area contributed by atoms with Crippen LogP contribution in [0.25, 0.3) is 0 Å². The van der Waals surface area contributed by atoms with Gasteiger partial charge in [0.25, 0.3) is 0 Å². The Kier molecular flexibility index (Phi) is 4.88. The highest BCUT2D eigenvalue weighted by Crippen LogP contribution is 1.72. The van der Waals surface area contributed by atoms with Crippen LogP contribution in [0.4, 0.5) is 0 Å². The molecule has 60 valence electrons. The van der Waals surface area contributed by atoms with Gasteiger partial charge in [-0.25, -0.2) is 0 Å².